The monoisotopic (exact) mass is 311 g/mol. The highest BCUT2D eigenvalue weighted by atomic mass is 32.1. The van der Waals surface area contributed by atoms with E-state index in [0.29, 0.717) is 5.56 Å². The molecule has 102 valence electrons. The third-order valence-corrected chi connectivity index (χ3v) is 5.36. The first kappa shape index (κ1) is 12.5. The van der Waals surface area contributed by atoms with Gasteiger partial charge in [-0.1, -0.05) is 18.2 Å². The summed E-state index contributed by atoms with van der Waals surface area (Å²) in [5.74, 6) is -0.909. The van der Waals surface area contributed by atoms with E-state index in [1.807, 2.05) is 12.1 Å². The van der Waals surface area contributed by atoms with Crippen LogP contribution in [-0.2, 0) is 0 Å². The predicted molar refractivity (Wildman–Crippen MR) is 87.4 cm³/mol. The molecule has 5 heteroatoms. The summed E-state index contributed by atoms with van der Waals surface area (Å²) in [7, 11) is 0. The van der Waals surface area contributed by atoms with E-state index in [9.17, 15) is 4.79 Å². The third-order valence-electron chi connectivity index (χ3n) is 3.35. The third kappa shape index (κ3) is 2.02. The van der Waals surface area contributed by atoms with Crippen LogP contribution in [0.4, 0.5) is 0 Å². The molecule has 21 heavy (non-hydrogen) atoms. The van der Waals surface area contributed by atoms with Crippen LogP contribution in [0.15, 0.2) is 47.8 Å². The number of carboxylic acid groups (broad SMARTS) is 1. The van der Waals surface area contributed by atoms with Gasteiger partial charge in [0.1, 0.15) is 5.01 Å². The van der Waals surface area contributed by atoms with Crippen LogP contribution in [0.2, 0.25) is 0 Å². The molecule has 4 aromatic rings. The molecule has 0 atom stereocenters. The van der Waals surface area contributed by atoms with Crippen molar-refractivity contribution < 1.29 is 9.90 Å². The summed E-state index contributed by atoms with van der Waals surface area (Å²) < 4.78 is 2.14. The summed E-state index contributed by atoms with van der Waals surface area (Å²) >= 11 is 3.23. The molecule has 0 saturated carbocycles. The van der Waals surface area contributed by atoms with Crippen LogP contribution in [-0.4, -0.2) is 16.1 Å². The quantitative estimate of drug-likeness (QED) is 0.574. The van der Waals surface area contributed by atoms with Gasteiger partial charge in [0.2, 0.25) is 0 Å². The normalized spacial score (nSPS) is 11.2. The highest BCUT2D eigenvalue weighted by molar-refractivity contribution is 7.22. The van der Waals surface area contributed by atoms with Crippen molar-refractivity contribution >= 4 is 48.9 Å². The minimum atomic E-state index is -0.909. The van der Waals surface area contributed by atoms with E-state index in [1.165, 1.54) is 21.4 Å². The van der Waals surface area contributed by atoms with Gasteiger partial charge in [-0.25, -0.2) is 9.78 Å². The number of hydrogen-bond donors (Lipinski definition) is 1. The lowest BCUT2D eigenvalue weighted by molar-refractivity contribution is 0.0697. The second-order valence-corrected chi connectivity index (χ2v) is 6.59. The molecular formula is C16H9NO2S2. The second kappa shape index (κ2) is 4.65. The zero-order valence-electron chi connectivity index (χ0n) is 10.7. The Labute approximate surface area is 128 Å². The van der Waals surface area contributed by atoms with E-state index >= 15 is 0 Å². The zero-order valence-corrected chi connectivity index (χ0v) is 12.4. The highest BCUT2D eigenvalue weighted by Crippen LogP contribution is 2.37. The lowest BCUT2D eigenvalue weighted by Crippen LogP contribution is -1.94. The Bertz CT molecular complexity index is 984. The Kier molecular flexibility index (Phi) is 2.77. The number of nitrogens with zero attached hydrogens (tertiary/aromatic N) is 1. The molecule has 3 nitrogen and oxygen atoms in total. The van der Waals surface area contributed by atoms with Gasteiger partial charge in [-0.05, 0) is 24.3 Å². The molecule has 2 aromatic carbocycles. The molecule has 1 N–H and O–H groups in total. The van der Waals surface area contributed by atoms with Crippen LogP contribution in [0.25, 0.3) is 30.9 Å². The number of aromatic nitrogens is 1. The number of thiophene rings is 1. The molecule has 0 aliphatic rings. The van der Waals surface area contributed by atoms with E-state index in [4.69, 9.17) is 5.11 Å². The first-order valence-electron chi connectivity index (χ1n) is 6.33. The molecule has 0 radical (unpaired) electrons. The number of carboxylic acids is 1. The van der Waals surface area contributed by atoms with Gasteiger partial charge < -0.3 is 5.11 Å². The summed E-state index contributed by atoms with van der Waals surface area (Å²) in [6.07, 6.45) is 0. The Morgan fingerprint density at radius 3 is 2.81 bits per heavy atom. The number of benzene rings is 2. The second-order valence-electron chi connectivity index (χ2n) is 4.65. The van der Waals surface area contributed by atoms with E-state index in [1.54, 1.807) is 29.5 Å². The number of aromatic carboxylic acids is 1. The van der Waals surface area contributed by atoms with Crippen molar-refractivity contribution in [3.63, 3.8) is 0 Å². The summed E-state index contributed by atoms with van der Waals surface area (Å²) in [5, 5.41) is 13.3. The molecule has 0 saturated heterocycles. The summed E-state index contributed by atoms with van der Waals surface area (Å²) in [6.45, 7) is 0. The Morgan fingerprint density at radius 1 is 1.10 bits per heavy atom. The fraction of sp³-hybridized carbons (Fsp3) is 0. The van der Waals surface area contributed by atoms with Gasteiger partial charge in [0.05, 0.1) is 15.8 Å². The minimum absolute atomic E-state index is 0.299. The lowest BCUT2D eigenvalue weighted by atomic mass is 10.2. The number of thiazole rings is 1. The van der Waals surface area contributed by atoms with E-state index in [2.05, 4.69) is 22.5 Å². The number of fused-ring (bicyclic) bond motifs is 2. The average Bonchev–Trinajstić information content (AvgIpc) is 3.09. The zero-order chi connectivity index (χ0) is 14.4. The lowest BCUT2D eigenvalue weighted by Gasteiger charge is -1.92. The largest absolute Gasteiger partial charge is 0.478 e. The van der Waals surface area contributed by atoms with Crippen molar-refractivity contribution in [3.05, 3.63) is 53.4 Å². The van der Waals surface area contributed by atoms with Crippen molar-refractivity contribution in [1.29, 1.82) is 0 Å². The van der Waals surface area contributed by atoms with Gasteiger partial charge in [-0.3, -0.25) is 0 Å². The first-order valence-corrected chi connectivity index (χ1v) is 8.02. The molecule has 0 amide bonds. The molecule has 0 aliphatic heterocycles. The van der Waals surface area contributed by atoms with Crippen molar-refractivity contribution in [2.75, 3.05) is 0 Å². The maximum atomic E-state index is 11.0. The molecule has 2 aromatic heterocycles. The van der Waals surface area contributed by atoms with Gasteiger partial charge in [0, 0.05) is 21.0 Å². The maximum Gasteiger partial charge on any atom is 0.335 e. The van der Waals surface area contributed by atoms with Crippen LogP contribution in [0.5, 0.6) is 0 Å². The molecule has 0 fully saturated rings. The summed E-state index contributed by atoms with van der Waals surface area (Å²) in [4.78, 5) is 15.7. The van der Waals surface area contributed by atoms with Gasteiger partial charge in [-0.15, -0.1) is 22.7 Å². The van der Waals surface area contributed by atoms with Crippen LogP contribution >= 0.6 is 22.7 Å². The van der Waals surface area contributed by atoms with Crippen LogP contribution in [0, 0.1) is 0 Å². The van der Waals surface area contributed by atoms with E-state index in [0.717, 1.165) is 20.8 Å². The summed E-state index contributed by atoms with van der Waals surface area (Å²) in [6, 6.07) is 13.3. The van der Waals surface area contributed by atoms with Crippen molar-refractivity contribution in [2.24, 2.45) is 0 Å². The molecule has 4 rings (SSSR count). The maximum absolute atomic E-state index is 11.0. The van der Waals surface area contributed by atoms with Gasteiger partial charge in [0.15, 0.2) is 0 Å². The number of hydrogen-bond acceptors (Lipinski definition) is 4. The van der Waals surface area contributed by atoms with Crippen molar-refractivity contribution in [3.8, 4) is 10.6 Å². The molecule has 2 heterocycles. The SMILES string of the molecule is O=C(O)c1ccc2nc(-c3csc4ccccc34)sc2c1. The number of carbonyl (C=O) groups is 1. The van der Waals surface area contributed by atoms with Gasteiger partial charge >= 0.3 is 5.97 Å². The average molecular weight is 311 g/mol. The van der Waals surface area contributed by atoms with Gasteiger partial charge in [0.25, 0.3) is 0 Å². The van der Waals surface area contributed by atoms with Crippen molar-refractivity contribution in [2.45, 2.75) is 0 Å². The molecule has 0 unspecified atom stereocenters. The predicted octanol–water partition coefficient (Wildman–Crippen LogP) is 4.88. The first-order chi connectivity index (χ1) is 10.2. The highest BCUT2D eigenvalue weighted by Gasteiger charge is 2.12. The van der Waals surface area contributed by atoms with Crippen LogP contribution in [0.1, 0.15) is 10.4 Å². The smallest absolute Gasteiger partial charge is 0.335 e. The Morgan fingerprint density at radius 2 is 1.95 bits per heavy atom. The van der Waals surface area contributed by atoms with Crippen LogP contribution in [0.3, 0.4) is 0 Å². The van der Waals surface area contributed by atoms with Crippen molar-refractivity contribution in [1.82, 2.24) is 4.98 Å². The fourth-order valence-electron chi connectivity index (χ4n) is 2.32. The van der Waals surface area contributed by atoms with Gasteiger partial charge in [-0.2, -0.15) is 0 Å². The van der Waals surface area contributed by atoms with Crippen LogP contribution < -0.4 is 0 Å². The van der Waals surface area contributed by atoms with E-state index in [-0.39, 0.29) is 0 Å². The Hall–Kier alpha value is -2.24. The van der Waals surface area contributed by atoms with E-state index < -0.39 is 5.97 Å². The standard InChI is InChI=1S/C16H9NO2S2/c18-16(19)9-5-6-12-14(7-9)21-15(17-12)11-8-20-13-4-2-1-3-10(11)13/h1-8H,(H,18,19). The minimum Gasteiger partial charge on any atom is -0.478 e. The summed E-state index contributed by atoms with van der Waals surface area (Å²) in [5.41, 5.74) is 2.26. The molecule has 0 bridgehead atoms. The fourth-order valence-corrected chi connectivity index (χ4v) is 4.37. The molecule has 0 aliphatic carbocycles. The molecule has 0 spiro atoms. The molecular weight excluding hydrogens is 302 g/mol. The number of rotatable bonds is 2. The topological polar surface area (TPSA) is 50.2 Å². The Balaban J connectivity index is 1.92.